The quantitative estimate of drug-likeness (QED) is 0.754. The van der Waals surface area contributed by atoms with Crippen LogP contribution in [-0.4, -0.2) is 16.2 Å². The van der Waals surface area contributed by atoms with Crippen molar-refractivity contribution in [1.82, 2.24) is 10.2 Å². The van der Waals surface area contributed by atoms with E-state index in [2.05, 4.69) is 17.1 Å². The van der Waals surface area contributed by atoms with Gasteiger partial charge in [0.1, 0.15) is 0 Å². The first kappa shape index (κ1) is 9.55. The lowest BCUT2D eigenvalue weighted by atomic mass is 10.1. The van der Waals surface area contributed by atoms with Gasteiger partial charge in [0, 0.05) is 17.3 Å². The predicted octanol–water partition coefficient (Wildman–Crippen LogP) is 1.52. The molecule has 1 atom stereocenters. The van der Waals surface area contributed by atoms with Crippen molar-refractivity contribution in [3.8, 4) is 0 Å². The molecule has 1 aromatic heterocycles. The van der Waals surface area contributed by atoms with Gasteiger partial charge in [-0.1, -0.05) is 18.5 Å². The molecule has 12 heavy (non-hydrogen) atoms. The summed E-state index contributed by atoms with van der Waals surface area (Å²) in [6, 6.07) is 0.130. The normalized spacial score (nSPS) is 13.3. The topological polar surface area (TPSA) is 54.7 Å². The Bertz CT molecular complexity index is 255. The van der Waals surface area contributed by atoms with Crippen LogP contribution in [-0.2, 0) is 12.8 Å². The van der Waals surface area contributed by atoms with Gasteiger partial charge in [-0.15, -0.1) is 0 Å². The van der Waals surface area contributed by atoms with Crippen LogP contribution in [0.4, 0.5) is 0 Å². The summed E-state index contributed by atoms with van der Waals surface area (Å²) in [4.78, 5) is 0. The van der Waals surface area contributed by atoms with Crippen LogP contribution < -0.4 is 5.73 Å². The third-order valence-corrected chi connectivity index (χ3v) is 2.09. The van der Waals surface area contributed by atoms with Crippen LogP contribution in [0.3, 0.4) is 0 Å². The van der Waals surface area contributed by atoms with E-state index in [1.165, 1.54) is 0 Å². The van der Waals surface area contributed by atoms with Crippen molar-refractivity contribution in [2.45, 2.75) is 32.7 Å². The van der Waals surface area contributed by atoms with Gasteiger partial charge >= 0.3 is 0 Å². The van der Waals surface area contributed by atoms with E-state index in [0.29, 0.717) is 5.15 Å². The highest BCUT2D eigenvalue weighted by Crippen LogP contribution is 2.18. The minimum absolute atomic E-state index is 0.130. The van der Waals surface area contributed by atoms with E-state index < -0.39 is 0 Å². The van der Waals surface area contributed by atoms with E-state index in [4.69, 9.17) is 17.3 Å². The van der Waals surface area contributed by atoms with E-state index in [1.807, 2.05) is 6.92 Å². The lowest BCUT2D eigenvalue weighted by Gasteiger charge is -2.04. The maximum atomic E-state index is 5.87. The molecule has 1 rings (SSSR count). The largest absolute Gasteiger partial charge is 0.328 e. The summed E-state index contributed by atoms with van der Waals surface area (Å²) in [5.41, 5.74) is 7.83. The second-order valence-electron chi connectivity index (χ2n) is 3.01. The van der Waals surface area contributed by atoms with Gasteiger partial charge < -0.3 is 5.73 Å². The number of halogens is 1. The molecule has 0 aromatic carbocycles. The average molecular weight is 188 g/mol. The molecule has 0 aliphatic heterocycles. The molecule has 0 fully saturated rings. The fraction of sp³-hybridized carbons (Fsp3) is 0.625. The number of nitrogens with two attached hydrogens (primary N) is 1. The molecule has 0 amide bonds. The number of rotatable bonds is 3. The zero-order valence-corrected chi connectivity index (χ0v) is 8.15. The third-order valence-electron chi connectivity index (χ3n) is 1.78. The number of aryl methyl sites for hydroxylation is 1. The number of nitrogens with one attached hydrogen (secondary N) is 1. The van der Waals surface area contributed by atoms with Gasteiger partial charge in [0.2, 0.25) is 0 Å². The molecule has 4 heteroatoms. The molecular formula is C8H14ClN3. The molecule has 0 aliphatic carbocycles. The second-order valence-corrected chi connectivity index (χ2v) is 3.36. The molecule has 0 aliphatic rings. The fourth-order valence-corrected chi connectivity index (χ4v) is 1.43. The summed E-state index contributed by atoms with van der Waals surface area (Å²) in [7, 11) is 0. The Labute approximate surface area is 77.3 Å². The van der Waals surface area contributed by atoms with Gasteiger partial charge in [-0.2, -0.15) is 5.10 Å². The van der Waals surface area contributed by atoms with Crippen LogP contribution in [0, 0.1) is 0 Å². The summed E-state index contributed by atoms with van der Waals surface area (Å²) >= 11 is 5.87. The maximum absolute atomic E-state index is 5.87. The number of nitrogens with zero attached hydrogens (tertiary/aromatic N) is 1. The van der Waals surface area contributed by atoms with Gasteiger partial charge in [-0.05, 0) is 19.8 Å². The molecule has 1 aromatic rings. The lowest BCUT2D eigenvalue weighted by molar-refractivity contribution is 0.732. The third kappa shape index (κ3) is 1.99. The SMILES string of the molecule is CCc1[nH]nc(Cl)c1CC(C)N. The predicted molar refractivity (Wildman–Crippen MR) is 50.3 cm³/mol. The highest BCUT2D eigenvalue weighted by Gasteiger charge is 2.10. The van der Waals surface area contributed by atoms with Crippen LogP contribution >= 0.6 is 11.6 Å². The second kappa shape index (κ2) is 3.92. The number of hydrogen-bond donors (Lipinski definition) is 2. The Morgan fingerprint density at radius 1 is 1.67 bits per heavy atom. The lowest BCUT2D eigenvalue weighted by Crippen LogP contribution is -2.18. The summed E-state index contributed by atoms with van der Waals surface area (Å²) in [5.74, 6) is 0. The van der Waals surface area contributed by atoms with E-state index in [9.17, 15) is 0 Å². The number of aromatic amines is 1. The van der Waals surface area contributed by atoms with Crippen molar-refractivity contribution in [3.05, 3.63) is 16.4 Å². The average Bonchev–Trinajstić information content (AvgIpc) is 2.32. The van der Waals surface area contributed by atoms with Crippen LogP contribution in [0.5, 0.6) is 0 Å². The summed E-state index contributed by atoms with van der Waals surface area (Å²) in [6.45, 7) is 4.03. The Kier molecular flexibility index (Phi) is 3.12. The van der Waals surface area contributed by atoms with Gasteiger partial charge in [0.05, 0.1) is 0 Å². The monoisotopic (exact) mass is 187 g/mol. The number of H-pyrrole nitrogens is 1. The Morgan fingerprint density at radius 3 is 2.83 bits per heavy atom. The van der Waals surface area contributed by atoms with Crippen molar-refractivity contribution in [2.75, 3.05) is 0 Å². The Morgan fingerprint density at radius 2 is 2.33 bits per heavy atom. The highest BCUT2D eigenvalue weighted by atomic mass is 35.5. The minimum Gasteiger partial charge on any atom is -0.328 e. The molecule has 0 spiro atoms. The maximum Gasteiger partial charge on any atom is 0.154 e. The van der Waals surface area contributed by atoms with E-state index in [1.54, 1.807) is 0 Å². The molecule has 0 saturated carbocycles. The zero-order valence-electron chi connectivity index (χ0n) is 7.39. The first-order chi connectivity index (χ1) is 5.65. The van der Waals surface area contributed by atoms with E-state index >= 15 is 0 Å². The molecule has 1 unspecified atom stereocenters. The molecule has 0 saturated heterocycles. The van der Waals surface area contributed by atoms with Gasteiger partial charge in [-0.3, -0.25) is 5.10 Å². The number of hydrogen-bond acceptors (Lipinski definition) is 2. The molecule has 3 N–H and O–H groups in total. The van der Waals surface area contributed by atoms with Crippen LogP contribution in [0.15, 0.2) is 0 Å². The van der Waals surface area contributed by atoms with Crippen molar-refractivity contribution in [2.24, 2.45) is 5.73 Å². The summed E-state index contributed by atoms with van der Waals surface area (Å²) in [5, 5.41) is 7.38. The fourth-order valence-electron chi connectivity index (χ4n) is 1.20. The van der Waals surface area contributed by atoms with Crippen LogP contribution in [0.2, 0.25) is 5.15 Å². The smallest absolute Gasteiger partial charge is 0.154 e. The number of aromatic nitrogens is 2. The minimum atomic E-state index is 0.130. The molecule has 0 radical (unpaired) electrons. The first-order valence-electron chi connectivity index (χ1n) is 4.12. The van der Waals surface area contributed by atoms with E-state index in [-0.39, 0.29) is 6.04 Å². The molecule has 3 nitrogen and oxygen atoms in total. The van der Waals surface area contributed by atoms with Gasteiger partial charge in [0.25, 0.3) is 0 Å². The molecule has 0 bridgehead atoms. The van der Waals surface area contributed by atoms with Crippen LogP contribution in [0.25, 0.3) is 0 Å². The van der Waals surface area contributed by atoms with Gasteiger partial charge in [-0.25, -0.2) is 0 Å². The van der Waals surface area contributed by atoms with Gasteiger partial charge in [0.15, 0.2) is 5.15 Å². The molecule has 68 valence electrons. The highest BCUT2D eigenvalue weighted by molar-refractivity contribution is 6.30. The molecule has 1 heterocycles. The first-order valence-corrected chi connectivity index (χ1v) is 4.50. The van der Waals surface area contributed by atoms with Crippen molar-refractivity contribution in [1.29, 1.82) is 0 Å². The van der Waals surface area contributed by atoms with Crippen molar-refractivity contribution in [3.63, 3.8) is 0 Å². The Hall–Kier alpha value is -0.540. The van der Waals surface area contributed by atoms with Crippen LogP contribution in [0.1, 0.15) is 25.1 Å². The Balaban J connectivity index is 2.86. The molecular weight excluding hydrogens is 174 g/mol. The van der Waals surface area contributed by atoms with E-state index in [0.717, 1.165) is 24.1 Å². The summed E-state index contributed by atoms with van der Waals surface area (Å²) < 4.78 is 0. The van der Waals surface area contributed by atoms with Crippen molar-refractivity contribution < 1.29 is 0 Å². The van der Waals surface area contributed by atoms with Crippen molar-refractivity contribution >= 4 is 11.6 Å². The summed E-state index contributed by atoms with van der Waals surface area (Å²) in [6.07, 6.45) is 1.71. The standard InChI is InChI=1S/C8H14ClN3/c1-3-7-6(4-5(2)10)8(9)12-11-7/h5H,3-4,10H2,1-2H3,(H,11,12). The zero-order chi connectivity index (χ0) is 9.14.